The van der Waals surface area contributed by atoms with Crippen molar-refractivity contribution in [1.82, 2.24) is 0 Å². The molecule has 0 aromatic heterocycles. The topological polar surface area (TPSA) is 35.5 Å². The Morgan fingerprint density at radius 3 is 2.17 bits per heavy atom. The van der Waals surface area contributed by atoms with Gasteiger partial charge in [0, 0.05) is 12.0 Å². The van der Waals surface area contributed by atoms with Crippen molar-refractivity contribution in [2.75, 3.05) is 27.3 Å². The van der Waals surface area contributed by atoms with E-state index in [9.17, 15) is 4.79 Å². The lowest BCUT2D eigenvalue weighted by Gasteiger charge is -2.34. The van der Waals surface area contributed by atoms with Crippen LogP contribution in [0.2, 0.25) is 0 Å². The lowest BCUT2D eigenvalue weighted by molar-refractivity contribution is -0.917. The van der Waals surface area contributed by atoms with Crippen molar-refractivity contribution >= 4 is 5.97 Å². The molecule has 1 atom stereocenters. The Kier molecular flexibility index (Phi) is 13.5. The molecular weight excluding hydrogens is 434 g/mol. The number of rotatable bonds is 18. The van der Waals surface area contributed by atoms with E-state index in [4.69, 9.17) is 9.47 Å². The van der Waals surface area contributed by atoms with E-state index < -0.39 is 0 Å². The van der Waals surface area contributed by atoms with Crippen molar-refractivity contribution in [3.8, 4) is 5.75 Å². The van der Waals surface area contributed by atoms with Crippen molar-refractivity contribution in [3.63, 3.8) is 0 Å². The van der Waals surface area contributed by atoms with Gasteiger partial charge in [0.05, 0.1) is 27.3 Å². The Labute approximate surface area is 214 Å². The number of quaternary nitrogens is 1. The molecular formula is C31H48NO3+. The first kappa shape index (κ1) is 28.9. The molecule has 0 aliphatic heterocycles. The number of hydrogen-bond donors (Lipinski definition) is 0. The van der Waals surface area contributed by atoms with Crippen LogP contribution in [0.4, 0.5) is 0 Å². The molecule has 1 unspecified atom stereocenters. The molecule has 35 heavy (non-hydrogen) atoms. The van der Waals surface area contributed by atoms with Gasteiger partial charge in [0.2, 0.25) is 0 Å². The van der Waals surface area contributed by atoms with E-state index in [2.05, 4.69) is 51.4 Å². The largest absolute Gasteiger partial charge is 0.493 e. The summed E-state index contributed by atoms with van der Waals surface area (Å²) in [5.41, 5.74) is 2.56. The number of unbranched alkanes of at least 4 members (excludes halogenated alkanes) is 7. The number of aryl methyl sites for hydroxylation is 1. The molecule has 0 saturated carbocycles. The third-order valence-electron chi connectivity index (χ3n) is 6.84. The van der Waals surface area contributed by atoms with Crippen LogP contribution in [0, 0.1) is 0 Å². The number of carbonyl (C=O) groups is 1. The van der Waals surface area contributed by atoms with E-state index in [1.54, 1.807) is 0 Å². The first-order valence-corrected chi connectivity index (χ1v) is 13.7. The van der Waals surface area contributed by atoms with Gasteiger partial charge in [-0.15, -0.1) is 0 Å². The zero-order chi connectivity index (χ0) is 25.4. The van der Waals surface area contributed by atoms with Gasteiger partial charge in [-0.1, -0.05) is 94.3 Å². The predicted molar refractivity (Wildman–Crippen MR) is 146 cm³/mol. The molecule has 0 aliphatic carbocycles. The molecule has 0 spiro atoms. The van der Waals surface area contributed by atoms with Crippen LogP contribution in [0.5, 0.6) is 5.75 Å². The lowest BCUT2D eigenvalue weighted by Crippen LogP contribution is -2.51. The lowest BCUT2D eigenvalue weighted by atomic mass is 10.0. The molecule has 0 radical (unpaired) electrons. The minimum atomic E-state index is -0.232. The average molecular weight is 483 g/mol. The predicted octanol–water partition coefficient (Wildman–Crippen LogP) is 7.35. The highest BCUT2D eigenvalue weighted by molar-refractivity contribution is 5.74. The molecule has 2 rings (SSSR count). The van der Waals surface area contributed by atoms with Gasteiger partial charge in [0.15, 0.2) is 6.04 Å². The molecule has 0 aliphatic rings. The highest BCUT2D eigenvalue weighted by Crippen LogP contribution is 2.18. The van der Waals surface area contributed by atoms with Crippen molar-refractivity contribution in [2.24, 2.45) is 0 Å². The van der Waals surface area contributed by atoms with Gasteiger partial charge in [-0.25, -0.2) is 4.79 Å². The van der Waals surface area contributed by atoms with E-state index >= 15 is 0 Å². The summed E-state index contributed by atoms with van der Waals surface area (Å²) in [6.45, 7) is 5.93. The quantitative estimate of drug-likeness (QED) is 0.127. The highest BCUT2D eigenvalue weighted by atomic mass is 16.5. The monoisotopic (exact) mass is 482 g/mol. The van der Waals surface area contributed by atoms with E-state index in [1.807, 2.05) is 31.2 Å². The van der Waals surface area contributed by atoms with E-state index in [0.717, 1.165) is 18.7 Å². The number of hydrogen-bond acceptors (Lipinski definition) is 3. The number of ether oxygens (including phenoxy) is 2. The molecule has 4 heteroatoms. The van der Waals surface area contributed by atoms with Gasteiger partial charge < -0.3 is 14.0 Å². The minimum absolute atomic E-state index is 0.154. The summed E-state index contributed by atoms with van der Waals surface area (Å²) < 4.78 is 12.0. The Hall–Kier alpha value is -2.33. The van der Waals surface area contributed by atoms with Crippen molar-refractivity contribution < 1.29 is 18.8 Å². The molecule has 0 heterocycles. The average Bonchev–Trinajstić information content (AvgIpc) is 2.85. The van der Waals surface area contributed by atoms with Crippen molar-refractivity contribution in [3.05, 3.63) is 65.7 Å². The summed E-state index contributed by atoms with van der Waals surface area (Å²) in [6, 6.07) is 18.5. The number of esters is 1. The minimum Gasteiger partial charge on any atom is -0.493 e. The Morgan fingerprint density at radius 2 is 1.46 bits per heavy atom. The normalized spacial score (nSPS) is 12.3. The van der Waals surface area contributed by atoms with E-state index in [1.165, 1.54) is 62.5 Å². The summed E-state index contributed by atoms with van der Waals surface area (Å²) in [7, 11) is 4.14. The second kappa shape index (κ2) is 16.4. The molecule has 0 bridgehead atoms. The Balaban J connectivity index is 1.61. The van der Waals surface area contributed by atoms with Crippen LogP contribution in [-0.2, 0) is 22.5 Å². The molecule has 2 aromatic carbocycles. The van der Waals surface area contributed by atoms with Crippen molar-refractivity contribution in [1.29, 1.82) is 0 Å². The van der Waals surface area contributed by atoms with E-state index in [-0.39, 0.29) is 12.0 Å². The zero-order valence-corrected chi connectivity index (χ0v) is 22.6. The van der Waals surface area contributed by atoms with Gasteiger partial charge >= 0.3 is 5.97 Å². The van der Waals surface area contributed by atoms with Crippen LogP contribution in [0.1, 0.15) is 82.8 Å². The fourth-order valence-electron chi connectivity index (χ4n) is 4.27. The van der Waals surface area contributed by atoms with Gasteiger partial charge in [-0.2, -0.15) is 0 Å². The Bertz CT molecular complexity index is 834. The second-order valence-electron chi connectivity index (χ2n) is 10.3. The van der Waals surface area contributed by atoms with Crippen molar-refractivity contribution in [2.45, 2.75) is 90.6 Å². The van der Waals surface area contributed by atoms with Crippen LogP contribution in [0.25, 0.3) is 0 Å². The van der Waals surface area contributed by atoms with Gasteiger partial charge in [0.25, 0.3) is 0 Å². The summed E-state index contributed by atoms with van der Waals surface area (Å²) in [6.07, 6.45) is 12.5. The molecule has 4 nitrogen and oxygen atoms in total. The fourth-order valence-corrected chi connectivity index (χ4v) is 4.27. The zero-order valence-electron chi connectivity index (χ0n) is 22.6. The number of nitrogens with zero attached hydrogens (tertiary/aromatic N) is 1. The van der Waals surface area contributed by atoms with Gasteiger partial charge in [-0.3, -0.25) is 0 Å². The van der Waals surface area contributed by atoms with Gasteiger partial charge in [-0.05, 0) is 37.5 Å². The second-order valence-corrected chi connectivity index (χ2v) is 10.3. The van der Waals surface area contributed by atoms with Crippen LogP contribution >= 0.6 is 0 Å². The highest BCUT2D eigenvalue weighted by Gasteiger charge is 2.32. The van der Waals surface area contributed by atoms with E-state index in [0.29, 0.717) is 24.1 Å². The molecule has 0 fully saturated rings. The van der Waals surface area contributed by atoms with Crippen LogP contribution in [-0.4, -0.2) is 43.8 Å². The maximum Gasteiger partial charge on any atom is 0.364 e. The number of benzene rings is 2. The number of likely N-dealkylation sites (N-methyl/N-ethyl adjacent to an activating group) is 1. The standard InChI is InChI=1S/C31H48NO3/c1-5-6-7-8-9-10-11-13-18-28-21-16-22-30(25-28)34-23-17-24-35-31(33)27(2)32(3,4)26-29-19-14-12-15-20-29/h12,14-16,19-22,25,27H,5-11,13,17-18,23-24,26H2,1-4H3/q+1. The maximum absolute atomic E-state index is 12.6. The van der Waals surface area contributed by atoms with Crippen LogP contribution < -0.4 is 4.74 Å². The third kappa shape index (κ3) is 11.8. The Morgan fingerprint density at radius 1 is 0.800 bits per heavy atom. The molecule has 0 amide bonds. The fraction of sp³-hybridized carbons (Fsp3) is 0.581. The molecule has 0 N–H and O–H groups in total. The molecule has 194 valence electrons. The smallest absolute Gasteiger partial charge is 0.364 e. The maximum atomic E-state index is 12.6. The first-order valence-electron chi connectivity index (χ1n) is 13.7. The molecule has 2 aromatic rings. The third-order valence-corrected chi connectivity index (χ3v) is 6.84. The summed E-state index contributed by atoms with van der Waals surface area (Å²) in [4.78, 5) is 12.6. The van der Waals surface area contributed by atoms with Crippen LogP contribution in [0.15, 0.2) is 54.6 Å². The summed E-state index contributed by atoms with van der Waals surface area (Å²) >= 11 is 0. The summed E-state index contributed by atoms with van der Waals surface area (Å²) in [5.74, 6) is 0.751. The first-order chi connectivity index (χ1) is 16.9. The number of carbonyl (C=O) groups excluding carboxylic acids is 1. The molecule has 0 saturated heterocycles. The SMILES string of the molecule is CCCCCCCCCCc1cccc(OCCCOC(=O)C(C)[N+](C)(C)Cc2ccccc2)c1. The summed E-state index contributed by atoms with van der Waals surface area (Å²) in [5, 5.41) is 0. The van der Waals surface area contributed by atoms with Crippen LogP contribution in [0.3, 0.4) is 0 Å². The van der Waals surface area contributed by atoms with Gasteiger partial charge in [0.1, 0.15) is 12.3 Å².